The summed E-state index contributed by atoms with van der Waals surface area (Å²) >= 11 is 0. The Morgan fingerprint density at radius 2 is 2.13 bits per heavy atom. The molecule has 3 N–H and O–H groups in total. The van der Waals surface area contributed by atoms with Gasteiger partial charge in [-0.15, -0.1) is 5.10 Å². The van der Waals surface area contributed by atoms with E-state index >= 15 is 0 Å². The van der Waals surface area contributed by atoms with E-state index in [2.05, 4.69) is 16.3 Å². The zero-order valence-electron chi connectivity index (χ0n) is 12.6. The Bertz CT molecular complexity index is 843. The highest BCUT2D eigenvalue weighted by Crippen LogP contribution is 2.42. The number of ether oxygens (including phenoxy) is 2. The topological polar surface area (TPSA) is 114 Å². The Morgan fingerprint density at radius 3 is 2.74 bits per heavy atom. The van der Waals surface area contributed by atoms with E-state index in [9.17, 15) is 10.1 Å². The summed E-state index contributed by atoms with van der Waals surface area (Å²) in [6, 6.07) is 9.03. The summed E-state index contributed by atoms with van der Waals surface area (Å²) in [6.45, 7) is 3.19. The van der Waals surface area contributed by atoms with Crippen LogP contribution in [0, 0.1) is 18.3 Å². The molecule has 0 saturated carbocycles. The summed E-state index contributed by atoms with van der Waals surface area (Å²) in [6.07, 6.45) is 0. The lowest BCUT2D eigenvalue weighted by atomic mass is 9.84. The van der Waals surface area contributed by atoms with Crippen LogP contribution in [0.25, 0.3) is 0 Å². The van der Waals surface area contributed by atoms with Gasteiger partial charge in [0, 0.05) is 18.2 Å². The van der Waals surface area contributed by atoms with E-state index in [1.54, 1.807) is 24.3 Å². The molecule has 23 heavy (non-hydrogen) atoms. The standard InChI is InChI=1S/C16H14N4O3/c1-8-13-14(10-3-5-11(6-4-10)22-9(2)21)12(7-17)15(18)23-16(13)20-19-8/h3-6,14H,18H2,1-2H3,(H,19,20). The summed E-state index contributed by atoms with van der Waals surface area (Å²) in [7, 11) is 0. The number of fused-ring (bicyclic) bond motifs is 1. The SMILES string of the molecule is CC(=O)Oc1ccc(C2C(C#N)=C(N)Oc3n[nH]c(C)c32)cc1. The van der Waals surface area contributed by atoms with Crippen molar-refractivity contribution in [2.75, 3.05) is 0 Å². The Hall–Kier alpha value is -3.27. The smallest absolute Gasteiger partial charge is 0.308 e. The number of hydrogen-bond acceptors (Lipinski definition) is 6. The molecule has 1 aliphatic rings. The lowest BCUT2D eigenvalue weighted by Crippen LogP contribution is -2.21. The van der Waals surface area contributed by atoms with E-state index in [1.807, 2.05) is 6.92 Å². The third-order valence-electron chi connectivity index (χ3n) is 3.60. The van der Waals surface area contributed by atoms with E-state index in [1.165, 1.54) is 6.92 Å². The molecular weight excluding hydrogens is 296 g/mol. The number of carbonyl (C=O) groups is 1. The van der Waals surface area contributed by atoms with Crippen LogP contribution >= 0.6 is 0 Å². The predicted octanol–water partition coefficient (Wildman–Crippen LogP) is 1.86. The number of nitriles is 1. The van der Waals surface area contributed by atoms with Gasteiger partial charge in [-0.3, -0.25) is 9.89 Å². The quantitative estimate of drug-likeness (QED) is 0.646. The average molecular weight is 310 g/mol. The van der Waals surface area contributed by atoms with E-state index in [4.69, 9.17) is 15.2 Å². The zero-order valence-corrected chi connectivity index (χ0v) is 12.6. The van der Waals surface area contributed by atoms with Gasteiger partial charge in [-0.05, 0) is 24.6 Å². The molecule has 1 atom stereocenters. The maximum atomic E-state index is 11.0. The van der Waals surface area contributed by atoms with Crippen LogP contribution in [0.4, 0.5) is 0 Å². The number of aryl methyl sites for hydroxylation is 1. The number of aromatic nitrogens is 2. The molecule has 0 fully saturated rings. The monoisotopic (exact) mass is 310 g/mol. The molecule has 116 valence electrons. The number of nitrogens with two attached hydrogens (primary N) is 1. The number of aromatic amines is 1. The van der Waals surface area contributed by atoms with Crippen LogP contribution in [0.5, 0.6) is 11.6 Å². The van der Waals surface area contributed by atoms with Crippen molar-refractivity contribution in [3.8, 4) is 17.7 Å². The van der Waals surface area contributed by atoms with Gasteiger partial charge < -0.3 is 15.2 Å². The number of esters is 1. The van der Waals surface area contributed by atoms with Crippen molar-refractivity contribution in [3.05, 3.63) is 52.5 Å². The van der Waals surface area contributed by atoms with Crippen LogP contribution in [0.15, 0.2) is 35.7 Å². The van der Waals surface area contributed by atoms with E-state index in [0.717, 1.165) is 16.8 Å². The van der Waals surface area contributed by atoms with Crippen LogP contribution in [0.1, 0.15) is 29.7 Å². The molecule has 2 aromatic rings. The molecule has 0 aliphatic carbocycles. The third kappa shape index (κ3) is 2.51. The highest BCUT2D eigenvalue weighted by atomic mass is 16.5. The van der Waals surface area contributed by atoms with E-state index < -0.39 is 5.97 Å². The lowest BCUT2D eigenvalue weighted by molar-refractivity contribution is -0.131. The minimum atomic E-state index is -0.390. The molecular formula is C16H14N4O3. The molecule has 3 rings (SSSR count). The first kappa shape index (κ1) is 14.7. The molecule has 2 heterocycles. The number of benzene rings is 1. The Labute approximate surface area is 132 Å². The Morgan fingerprint density at radius 1 is 1.43 bits per heavy atom. The van der Waals surface area contributed by atoms with Gasteiger partial charge in [-0.1, -0.05) is 12.1 Å². The fourth-order valence-electron chi connectivity index (χ4n) is 2.63. The maximum absolute atomic E-state index is 11.0. The van der Waals surface area contributed by atoms with Crippen molar-refractivity contribution in [1.82, 2.24) is 10.2 Å². The second-order valence-corrected chi connectivity index (χ2v) is 5.15. The van der Waals surface area contributed by atoms with Gasteiger partial charge in [0.2, 0.25) is 11.8 Å². The van der Waals surface area contributed by atoms with Crippen molar-refractivity contribution < 1.29 is 14.3 Å². The van der Waals surface area contributed by atoms with E-state index in [-0.39, 0.29) is 11.8 Å². The Kier molecular flexibility index (Phi) is 3.50. The fraction of sp³-hybridized carbons (Fsp3) is 0.188. The van der Waals surface area contributed by atoms with Crippen molar-refractivity contribution in [3.63, 3.8) is 0 Å². The van der Waals surface area contributed by atoms with Crippen LogP contribution in [-0.2, 0) is 4.79 Å². The second-order valence-electron chi connectivity index (χ2n) is 5.15. The molecule has 1 unspecified atom stereocenters. The van der Waals surface area contributed by atoms with Gasteiger partial charge in [0.15, 0.2) is 0 Å². The molecule has 0 amide bonds. The average Bonchev–Trinajstić information content (AvgIpc) is 2.87. The molecule has 0 spiro atoms. The molecule has 0 saturated heterocycles. The number of allylic oxidation sites excluding steroid dienone is 1. The van der Waals surface area contributed by atoms with Crippen molar-refractivity contribution in [2.24, 2.45) is 5.73 Å². The first-order valence-corrected chi connectivity index (χ1v) is 6.92. The normalized spacial score (nSPS) is 16.3. The second kappa shape index (κ2) is 5.50. The summed E-state index contributed by atoms with van der Waals surface area (Å²) in [4.78, 5) is 11.0. The fourth-order valence-corrected chi connectivity index (χ4v) is 2.63. The summed E-state index contributed by atoms with van der Waals surface area (Å²) < 4.78 is 10.4. The van der Waals surface area contributed by atoms with Crippen LogP contribution < -0.4 is 15.2 Å². The lowest BCUT2D eigenvalue weighted by Gasteiger charge is -2.23. The molecule has 7 heteroatoms. The van der Waals surface area contributed by atoms with Gasteiger partial charge in [0.25, 0.3) is 0 Å². The number of hydrogen-bond donors (Lipinski definition) is 2. The van der Waals surface area contributed by atoms with Gasteiger partial charge in [-0.25, -0.2) is 0 Å². The van der Waals surface area contributed by atoms with E-state index in [0.29, 0.717) is 17.2 Å². The highest BCUT2D eigenvalue weighted by molar-refractivity contribution is 5.69. The van der Waals surface area contributed by atoms with Crippen molar-refractivity contribution in [1.29, 1.82) is 5.26 Å². The van der Waals surface area contributed by atoms with Crippen LogP contribution in [-0.4, -0.2) is 16.2 Å². The number of nitrogens with zero attached hydrogens (tertiary/aromatic N) is 2. The number of rotatable bonds is 2. The van der Waals surface area contributed by atoms with Gasteiger partial charge >= 0.3 is 5.97 Å². The first-order chi connectivity index (χ1) is 11.0. The first-order valence-electron chi connectivity index (χ1n) is 6.92. The molecule has 1 aliphatic heterocycles. The summed E-state index contributed by atoms with van der Waals surface area (Å²) in [5, 5.41) is 16.4. The van der Waals surface area contributed by atoms with Crippen molar-refractivity contribution in [2.45, 2.75) is 19.8 Å². The Balaban J connectivity index is 2.08. The predicted molar refractivity (Wildman–Crippen MR) is 80.4 cm³/mol. The van der Waals surface area contributed by atoms with Crippen LogP contribution in [0.3, 0.4) is 0 Å². The molecule has 7 nitrogen and oxygen atoms in total. The molecule has 0 radical (unpaired) electrons. The minimum Gasteiger partial charge on any atom is -0.427 e. The molecule has 0 bridgehead atoms. The largest absolute Gasteiger partial charge is 0.427 e. The van der Waals surface area contributed by atoms with Gasteiger partial charge in [0.1, 0.15) is 17.4 Å². The zero-order chi connectivity index (χ0) is 16.6. The molecule has 1 aromatic heterocycles. The van der Waals surface area contributed by atoms with Crippen molar-refractivity contribution >= 4 is 5.97 Å². The highest BCUT2D eigenvalue weighted by Gasteiger charge is 2.34. The third-order valence-corrected chi connectivity index (χ3v) is 3.60. The molecule has 1 aromatic carbocycles. The van der Waals surface area contributed by atoms with Crippen LogP contribution in [0.2, 0.25) is 0 Å². The summed E-state index contributed by atoms with van der Waals surface area (Å²) in [5.41, 5.74) is 8.57. The number of nitrogens with one attached hydrogen (secondary N) is 1. The van der Waals surface area contributed by atoms with Gasteiger partial charge in [-0.2, -0.15) is 5.26 Å². The summed E-state index contributed by atoms with van der Waals surface area (Å²) in [5.74, 6) is 0.0778. The minimum absolute atomic E-state index is 0.0422. The number of H-pyrrole nitrogens is 1. The van der Waals surface area contributed by atoms with Gasteiger partial charge in [0.05, 0.1) is 5.92 Å². The maximum Gasteiger partial charge on any atom is 0.308 e. The number of carbonyl (C=O) groups excluding carboxylic acids is 1.